The molecule has 2 rings (SSSR count). The van der Waals surface area contributed by atoms with Crippen molar-refractivity contribution in [3.05, 3.63) is 29.3 Å². The van der Waals surface area contributed by atoms with Crippen LogP contribution in [0, 0.1) is 13.8 Å². The molecule has 0 heterocycles. The summed E-state index contributed by atoms with van der Waals surface area (Å²) in [7, 11) is 0. The van der Waals surface area contributed by atoms with Gasteiger partial charge < -0.3 is 15.8 Å². The molecule has 4 heteroatoms. The highest BCUT2D eigenvalue weighted by Crippen LogP contribution is 2.33. The van der Waals surface area contributed by atoms with Gasteiger partial charge in [-0.2, -0.15) is 0 Å². The van der Waals surface area contributed by atoms with E-state index >= 15 is 0 Å². The van der Waals surface area contributed by atoms with Crippen molar-refractivity contribution in [3.8, 4) is 5.75 Å². The molecule has 2 unspecified atom stereocenters. The first-order valence-electron chi connectivity index (χ1n) is 7.25. The van der Waals surface area contributed by atoms with E-state index in [1.807, 2.05) is 26.0 Å². The van der Waals surface area contributed by atoms with Crippen LogP contribution in [0.4, 0.5) is 0 Å². The molecule has 0 aromatic heterocycles. The first kappa shape index (κ1) is 14.9. The van der Waals surface area contributed by atoms with Gasteiger partial charge in [-0.15, -0.1) is 0 Å². The van der Waals surface area contributed by atoms with Crippen LogP contribution in [-0.4, -0.2) is 24.1 Å². The third kappa shape index (κ3) is 2.96. The lowest BCUT2D eigenvalue weighted by Gasteiger charge is -2.26. The molecule has 2 atom stereocenters. The Kier molecular flexibility index (Phi) is 4.33. The highest BCUT2D eigenvalue weighted by atomic mass is 16.5. The molecule has 3 N–H and O–H groups in total. The molecule has 1 aliphatic rings. The Morgan fingerprint density at radius 1 is 1.50 bits per heavy atom. The van der Waals surface area contributed by atoms with Crippen LogP contribution < -0.4 is 15.8 Å². The van der Waals surface area contributed by atoms with Crippen molar-refractivity contribution in [2.75, 3.05) is 6.54 Å². The Morgan fingerprint density at radius 3 is 2.85 bits per heavy atom. The molecule has 110 valence electrons. The summed E-state index contributed by atoms with van der Waals surface area (Å²) in [6, 6.07) is 6.15. The maximum absolute atomic E-state index is 11.7. The SMILES string of the molecule is CCNC1(C(N)=O)CCC(Oc2ccc(C)cc2C)C1. The van der Waals surface area contributed by atoms with Crippen molar-refractivity contribution in [1.82, 2.24) is 5.32 Å². The molecular formula is C16H24N2O2. The van der Waals surface area contributed by atoms with Crippen LogP contribution in [0.2, 0.25) is 0 Å². The van der Waals surface area contributed by atoms with Crippen LogP contribution in [0.25, 0.3) is 0 Å². The average molecular weight is 276 g/mol. The van der Waals surface area contributed by atoms with Crippen LogP contribution >= 0.6 is 0 Å². The minimum Gasteiger partial charge on any atom is -0.490 e. The van der Waals surface area contributed by atoms with Crippen molar-refractivity contribution < 1.29 is 9.53 Å². The second-order valence-corrected chi connectivity index (χ2v) is 5.73. The minimum absolute atomic E-state index is 0.0444. The van der Waals surface area contributed by atoms with E-state index in [1.165, 1.54) is 5.56 Å². The number of nitrogens with one attached hydrogen (secondary N) is 1. The maximum Gasteiger partial charge on any atom is 0.237 e. The van der Waals surface area contributed by atoms with Crippen molar-refractivity contribution in [3.63, 3.8) is 0 Å². The zero-order valence-electron chi connectivity index (χ0n) is 12.5. The molecule has 0 saturated heterocycles. The Balaban J connectivity index is 2.07. The fraction of sp³-hybridized carbons (Fsp3) is 0.562. The van der Waals surface area contributed by atoms with Gasteiger partial charge >= 0.3 is 0 Å². The van der Waals surface area contributed by atoms with E-state index in [0.717, 1.165) is 30.7 Å². The topological polar surface area (TPSA) is 64.3 Å². The van der Waals surface area contributed by atoms with Gasteiger partial charge in [0.15, 0.2) is 0 Å². The molecule has 4 nitrogen and oxygen atoms in total. The van der Waals surface area contributed by atoms with E-state index in [4.69, 9.17) is 10.5 Å². The molecule has 0 bridgehead atoms. The van der Waals surface area contributed by atoms with Crippen molar-refractivity contribution >= 4 is 5.91 Å². The molecule has 1 saturated carbocycles. The number of carbonyl (C=O) groups is 1. The summed E-state index contributed by atoms with van der Waals surface area (Å²) >= 11 is 0. The quantitative estimate of drug-likeness (QED) is 0.865. The van der Waals surface area contributed by atoms with E-state index in [-0.39, 0.29) is 12.0 Å². The molecule has 0 aliphatic heterocycles. The maximum atomic E-state index is 11.7. The van der Waals surface area contributed by atoms with Gasteiger partial charge in [0.25, 0.3) is 0 Å². The predicted octanol–water partition coefficient (Wildman–Crippen LogP) is 2.07. The molecule has 1 aromatic carbocycles. The summed E-state index contributed by atoms with van der Waals surface area (Å²) in [5, 5.41) is 3.24. The normalized spacial score (nSPS) is 25.6. The minimum atomic E-state index is -0.599. The number of nitrogens with two attached hydrogens (primary N) is 1. The largest absolute Gasteiger partial charge is 0.490 e. The second-order valence-electron chi connectivity index (χ2n) is 5.73. The lowest BCUT2D eigenvalue weighted by molar-refractivity contribution is -0.124. The van der Waals surface area contributed by atoms with Gasteiger partial charge in [0, 0.05) is 6.42 Å². The highest BCUT2D eigenvalue weighted by Gasteiger charge is 2.44. The molecule has 1 amide bonds. The number of benzene rings is 1. The number of primary amides is 1. The molecule has 1 aliphatic carbocycles. The second kappa shape index (κ2) is 5.83. The summed E-state index contributed by atoms with van der Waals surface area (Å²) in [5.41, 5.74) is 7.32. The Morgan fingerprint density at radius 2 is 2.25 bits per heavy atom. The highest BCUT2D eigenvalue weighted by molar-refractivity contribution is 5.85. The van der Waals surface area contributed by atoms with Crippen LogP contribution in [-0.2, 0) is 4.79 Å². The standard InChI is InChI=1S/C16H24N2O2/c1-4-18-16(15(17)19)8-7-13(10-16)20-14-6-5-11(2)9-12(14)3/h5-6,9,13,18H,4,7-8,10H2,1-3H3,(H2,17,19). The first-order valence-corrected chi connectivity index (χ1v) is 7.25. The smallest absolute Gasteiger partial charge is 0.237 e. The molecule has 20 heavy (non-hydrogen) atoms. The van der Waals surface area contributed by atoms with E-state index in [0.29, 0.717) is 6.42 Å². The van der Waals surface area contributed by atoms with Crippen molar-refractivity contribution in [2.24, 2.45) is 5.73 Å². The third-order valence-electron chi connectivity index (χ3n) is 4.08. The summed E-state index contributed by atoms with van der Waals surface area (Å²) in [5.74, 6) is 0.628. The molecular weight excluding hydrogens is 252 g/mol. The fourth-order valence-electron chi connectivity index (χ4n) is 3.02. The number of amides is 1. The van der Waals surface area contributed by atoms with Crippen LogP contribution in [0.15, 0.2) is 18.2 Å². The van der Waals surface area contributed by atoms with Gasteiger partial charge in [0.1, 0.15) is 17.4 Å². The Bertz CT molecular complexity index is 501. The van der Waals surface area contributed by atoms with Gasteiger partial charge in [0.2, 0.25) is 5.91 Å². The van der Waals surface area contributed by atoms with Crippen LogP contribution in [0.3, 0.4) is 0 Å². The van der Waals surface area contributed by atoms with Gasteiger partial charge in [-0.25, -0.2) is 0 Å². The van der Waals surface area contributed by atoms with Gasteiger partial charge in [-0.05, 0) is 44.9 Å². The Hall–Kier alpha value is -1.55. The number of rotatable bonds is 5. The van der Waals surface area contributed by atoms with Gasteiger partial charge in [0.05, 0.1) is 0 Å². The van der Waals surface area contributed by atoms with Crippen LogP contribution in [0.1, 0.15) is 37.3 Å². The van der Waals surface area contributed by atoms with E-state index < -0.39 is 5.54 Å². The summed E-state index contributed by atoms with van der Waals surface area (Å²) < 4.78 is 6.07. The van der Waals surface area contributed by atoms with Crippen LogP contribution in [0.5, 0.6) is 5.75 Å². The zero-order valence-corrected chi connectivity index (χ0v) is 12.5. The first-order chi connectivity index (χ1) is 9.47. The van der Waals surface area contributed by atoms with Crippen molar-refractivity contribution in [2.45, 2.75) is 51.7 Å². The molecule has 0 spiro atoms. The zero-order chi connectivity index (χ0) is 14.8. The number of likely N-dealkylation sites (N-methyl/N-ethyl adjacent to an activating group) is 1. The van der Waals surface area contributed by atoms with E-state index in [2.05, 4.69) is 18.3 Å². The number of carbonyl (C=O) groups excluding carboxylic acids is 1. The summed E-state index contributed by atoms with van der Waals surface area (Å²) in [6.07, 6.45) is 2.28. The summed E-state index contributed by atoms with van der Waals surface area (Å²) in [4.78, 5) is 11.7. The molecule has 1 aromatic rings. The van der Waals surface area contributed by atoms with E-state index in [1.54, 1.807) is 0 Å². The lowest BCUT2D eigenvalue weighted by Crippen LogP contribution is -2.54. The number of ether oxygens (including phenoxy) is 1. The third-order valence-corrected chi connectivity index (χ3v) is 4.08. The average Bonchev–Trinajstić information content (AvgIpc) is 2.78. The molecule has 1 fully saturated rings. The van der Waals surface area contributed by atoms with Gasteiger partial charge in [-0.3, -0.25) is 4.79 Å². The molecule has 0 radical (unpaired) electrons. The van der Waals surface area contributed by atoms with Gasteiger partial charge in [-0.1, -0.05) is 24.6 Å². The predicted molar refractivity (Wildman–Crippen MR) is 79.8 cm³/mol. The number of hydrogen-bond acceptors (Lipinski definition) is 3. The monoisotopic (exact) mass is 276 g/mol. The Labute approximate surface area is 120 Å². The summed E-state index contributed by atoms with van der Waals surface area (Å²) in [6.45, 7) is 6.83. The van der Waals surface area contributed by atoms with E-state index in [9.17, 15) is 4.79 Å². The number of aryl methyl sites for hydroxylation is 2. The van der Waals surface area contributed by atoms with Crippen molar-refractivity contribution in [1.29, 1.82) is 0 Å². The lowest BCUT2D eigenvalue weighted by atomic mass is 9.96. The fourth-order valence-corrected chi connectivity index (χ4v) is 3.02. The number of hydrogen-bond donors (Lipinski definition) is 2.